The van der Waals surface area contributed by atoms with Crippen LogP contribution in [0.4, 0.5) is 0 Å². The molecule has 6 N–H and O–H groups in total. The van der Waals surface area contributed by atoms with E-state index in [2.05, 4.69) is 91.8 Å². The van der Waals surface area contributed by atoms with E-state index in [0.29, 0.717) is 29.0 Å². The second-order valence-electron chi connectivity index (χ2n) is 15.0. The van der Waals surface area contributed by atoms with Gasteiger partial charge in [-0.15, -0.1) is 0 Å². The Bertz CT molecular complexity index is 1420. The van der Waals surface area contributed by atoms with Gasteiger partial charge in [0.05, 0.1) is 6.54 Å². The molecule has 47 heavy (non-hydrogen) atoms. The maximum Gasteiger partial charge on any atom is 0.274 e. The van der Waals surface area contributed by atoms with Gasteiger partial charge in [0.1, 0.15) is 11.4 Å². The molecule has 0 aromatic heterocycles. The Morgan fingerprint density at radius 2 is 1.77 bits per heavy atom. The van der Waals surface area contributed by atoms with E-state index in [-0.39, 0.29) is 49.0 Å². The Labute approximate surface area is 282 Å². The number of hydrazone groups is 1. The Balaban J connectivity index is 0.00000500. The van der Waals surface area contributed by atoms with E-state index in [1.54, 1.807) is 6.08 Å². The molecule has 2 unspecified atom stereocenters. The van der Waals surface area contributed by atoms with Gasteiger partial charge < -0.3 is 21.5 Å². The van der Waals surface area contributed by atoms with Crippen molar-refractivity contribution in [2.75, 3.05) is 6.54 Å². The van der Waals surface area contributed by atoms with E-state index in [4.69, 9.17) is 16.7 Å². The molecule has 3 aliphatic carbocycles. The van der Waals surface area contributed by atoms with Crippen LogP contribution in [0.25, 0.3) is 0 Å². The molecule has 1 aromatic carbocycles. The highest BCUT2D eigenvalue weighted by Crippen LogP contribution is 2.49. The molecule has 1 aliphatic heterocycles. The molecular weight excluding hydrogens is 586 g/mol. The molecule has 4 aliphatic rings. The third-order valence-electron chi connectivity index (χ3n) is 10.4. The molecule has 256 valence electrons. The summed E-state index contributed by atoms with van der Waals surface area (Å²) in [5.41, 5.74) is 5.39. The van der Waals surface area contributed by atoms with Crippen molar-refractivity contribution in [2.45, 2.75) is 111 Å². The normalized spacial score (nSPS) is 25.3. The lowest BCUT2D eigenvalue weighted by atomic mass is 9.69. The molecule has 1 heterocycles. The predicted molar refractivity (Wildman–Crippen MR) is 192 cm³/mol. The van der Waals surface area contributed by atoms with Gasteiger partial charge in [0.25, 0.3) is 11.8 Å². The number of rotatable bonds is 10. The Kier molecular flexibility index (Phi) is 11.5. The number of amides is 2. The summed E-state index contributed by atoms with van der Waals surface area (Å²) in [5.74, 6) is 12.4. The molecule has 5 rings (SSSR count). The van der Waals surface area contributed by atoms with Crippen LogP contribution in [-0.4, -0.2) is 46.5 Å². The van der Waals surface area contributed by atoms with E-state index in [9.17, 15) is 9.59 Å². The zero-order valence-electron chi connectivity index (χ0n) is 28.3. The van der Waals surface area contributed by atoms with E-state index in [1.807, 2.05) is 12.2 Å². The highest BCUT2D eigenvalue weighted by atomic mass is 16.2. The summed E-state index contributed by atoms with van der Waals surface area (Å²) in [7, 11) is 0. The van der Waals surface area contributed by atoms with Gasteiger partial charge in [-0.25, -0.2) is 5.84 Å². The van der Waals surface area contributed by atoms with Gasteiger partial charge in [0.2, 0.25) is 0 Å². The molecule has 2 amide bonds. The zero-order valence-corrected chi connectivity index (χ0v) is 28.3. The van der Waals surface area contributed by atoms with Crippen molar-refractivity contribution >= 4 is 23.4 Å². The lowest BCUT2D eigenvalue weighted by Gasteiger charge is -2.48. The number of amidine groups is 1. The highest BCUT2D eigenvalue weighted by Gasteiger charge is 2.53. The van der Waals surface area contributed by atoms with Crippen molar-refractivity contribution in [3.63, 3.8) is 0 Å². The summed E-state index contributed by atoms with van der Waals surface area (Å²) < 4.78 is 0. The lowest BCUT2D eigenvalue weighted by Crippen LogP contribution is -2.56. The topological polar surface area (TPSA) is 138 Å². The summed E-state index contributed by atoms with van der Waals surface area (Å²) in [6.45, 7) is 11.5. The van der Waals surface area contributed by atoms with Gasteiger partial charge >= 0.3 is 0 Å². The average Bonchev–Trinajstić information content (AvgIpc) is 3.87. The largest absolute Gasteiger partial charge is 0.345 e. The van der Waals surface area contributed by atoms with E-state index in [1.165, 1.54) is 18.4 Å². The van der Waals surface area contributed by atoms with Crippen molar-refractivity contribution in [3.05, 3.63) is 71.3 Å². The minimum absolute atomic E-state index is 0. The number of aliphatic imine (C=N–C) groups is 1. The highest BCUT2D eigenvalue weighted by molar-refractivity contribution is 6.46. The van der Waals surface area contributed by atoms with Crippen molar-refractivity contribution < 1.29 is 9.59 Å². The number of carbonyl (C=O) groups is 2. The number of benzene rings is 1. The SMILES string of the molecule is C.CC(C)CCC(C1C=CC=C(C(=O)NC/C(=N/N)NN)C=C1)N1C(=O)C(c2ccc(C3CC3)cc2)=NC12CCC(C(C)(C)C)CC2. The standard InChI is InChI=1S/C37H53N7O2.CH4/c1-24(2)9-18-31(27-7-6-8-29(17-14-27)34(45)40-23-32(42-38)43-39)44-35(46)33(28-15-12-26(13-16-28)25-10-11-25)41-37(44)21-19-30(20-22-37)36(3,4)5;/h6-8,12-17,24-25,27,30-31H,9-11,18-23,38-39H2,1-5H3,(H,40,45)(H,42,43);1H4. The number of carbonyl (C=O) groups excluding carboxylic acids is 2. The van der Waals surface area contributed by atoms with Gasteiger partial charge in [-0.1, -0.05) is 90.6 Å². The average molecular weight is 644 g/mol. The quantitative estimate of drug-likeness (QED) is 0.106. The first kappa shape index (κ1) is 36.1. The van der Waals surface area contributed by atoms with Crippen molar-refractivity contribution in [1.82, 2.24) is 15.6 Å². The van der Waals surface area contributed by atoms with E-state index >= 15 is 0 Å². The van der Waals surface area contributed by atoms with Crippen molar-refractivity contribution in [2.24, 2.45) is 44.9 Å². The summed E-state index contributed by atoms with van der Waals surface area (Å²) >= 11 is 0. The summed E-state index contributed by atoms with van der Waals surface area (Å²) in [4.78, 5) is 35.3. The van der Waals surface area contributed by atoms with Crippen LogP contribution in [-0.2, 0) is 9.59 Å². The molecule has 9 heteroatoms. The Hall–Kier alpha value is -3.72. The van der Waals surface area contributed by atoms with Gasteiger partial charge in [-0.05, 0) is 86.2 Å². The second kappa shape index (κ2) is 15.0. The monoisotopic (exact) mass is 643 g/mol. The first-order valence-electron chi connectivity index (χ1n) is 17.1. The molecule has 0 bridgehead atoms. The number of nitrogens with one attached hydrogen (secondary N) is 2. The number of hydrazine groups is 1. The lowest BCUT2D eigenvalue weighted by molar-refractivity contribution is -0.134. The van der Waals surface area contributed by atoms with E-state index in [0.717, 1.165) is 44.1 Å². The fourth-order valence-corrected chi connectivity index (χ4v) is 7.32. The van der Waals surface area contributed by atoms with Crippen LogP contribution in [0.2, 0.25) is 0 Å². The van der Waals surface area contributed by atoms with Crippen LogP contribution in [0.5, 0.6) is 0 Å². The molecule has 9 nitrogen and oxygen atoms in total. The molecule has 1 aromatic rings. The van der Waals surface area contributed by atoms with Crippen molar-refractivity contribution in [1.29, 1.82) is 0 Å². The molecule has 0 radical (unpaired) electrons. The maximum atomic E-state index is 14.7. The fraction of sp³-hybridized carbons (Fsp3) is 0.579. The molecular formula is C38H57N7O2. The minimum Gasteiger partial charge on any atom is -0.345 e. The summed E-state index contributed by atoms with van der Waals surface area (Å²) in [6.07, 6.45) is 17.9. The van der Waals surface area contributed by atoms with E-state index < -0.39 is 5.66 Å². The molecule has 2 atom stereocenters. The smallest absolute Gasteiger partial charge is 0.274 e. The predicted octanol–water partition coefficient (Wildman–Crippen LogP) is 6.09. The summed E-state index contributed by atoms with van der Waals surface area (Å²) in [6, 6.07) is 8.48. The van der Waals surface area contributed by atoms with Crippen LogP contribution in [0.15, 0.2) is 70.3 Å². The second-order valence-corrected chi connectivity index (χ2v) is 15.0. The van der Waals surface area contributed by atoms with Gasteiger partial charge in [-0.2, -0.15) is 5.10 Å². The van der Waals surface area contributed by atoms with Crippen LogP contribution < -0.4 is 22.4 Å². The fourth-order valence-electron chi connectivity index (χ4n) is 7.32. The number of hydrogen-bond acceptors (Lipinski definition) is 6. The number of hydrogen-bond donors (Lipinski definition) is 4. The Morgan fingerprint density at radius 3 is 2.34 bits per heavy atom. The molecule has 0 saturated heterocycles. The molecule has 2 saturated carbocycles. The molecule has 1 spiro atoms. The van der Waals surface area contributed by atoms with Gasteiger partial charge in [-0.3, -0.25) is 14.6 Å². The van der Waals surface area contributed by atoms with Crippen LogP contribution >= 0.6 is 0 Å². The Morgan fingerprint density at radius 1 is 1.09 bits per heavy atom. The number of allylic oxidation sites excluding steroid dienone is 2. The first-order chi connectivity index (χ1) is 22.0. The zero-order chi connectivity index (χ0) is 33.1. The first-order valence-corrected chi connectivity index (χ1v) is 17.1. The van der Waals surface area contributed by atoms with Crippen molar-refractivity contribution in [3.8, 4) is 0 Å². The van der Waals surface area contributed by atoms with Crippen LogP contribution in [0, 0.1) is 23.2 Å². The minimum atomic E-state index is -0.570. The van der Waals surface area contributed by atoms with Gasteiger partial charge in [0, 0.05) is 23.1 Å². The third kappa shape index (κ3) is 8.23. The van der Waals surface area contributed by atoms with Crippen LogP contribution in [0.1, 0.15) is 110 Å². The van der Waals surface area contributed by atoms with Gasteiger partial charge in [0.15, 0.2) is 5.84 Å². The van der Waals surface area contributed by atoms with Crippen LogP contribution in [0.3, 0.4) is 0 Å². The number of nitrogens with two attached hydrogens (primary N) is 2. The third-order valence-corrected chi connectivity index (χ3v) is 10.4. The number of nitrogens with zero attached hydrogens (tertiary/aromatic N) is 3. The molecule has 2 fully saturated rings. The maximum absolute atomic E-state index is 14.7. The summed E-state index contributed by atoms with van der Waals surface area (Å²) in [5, 5.41) is 6.33.